The summed E-state index contributed by atoms with van der Waals surface area (Å²) in [5, 5.41) is 12.1. The Morgan fingerprint density at radius 3 is 2.61 bits per heavy atom. The number of aryl methyl sites for hydroxylation is 1. The van der Waals surface area contributed by atoms with Gasteiger partial charge in [-0.15, -0.1) is 0 Å². The fourth-order valence-electron chi connectivity index (χ4n) is 4.45. The van der Waals surface area contributed by atoms with Gasteiger partial charge in [0, 0.05) is 5.39 Å². The van der Waals surface area contributed by atoms with Crippen molar-refractivity contribution in [3.8, 4) is 5.75 Å². The number of Topliss-reactive ketones (excluding diaryl/α,β-unsaturated/α-hetero) is 1. The summed E-state index contributed by atoms with van der Waals surface area (Å²) in [6.07, 6.45) is 0. The number of benzene rings is 3. The van der Waals surface area contributed by atoms with E-state index >= 15 is 0 Å². The molecule has 1 N–H and O–H groups in total. The van der Waals surface area contributed by atoms with Gasteiger partial charge in [0.1, 0.15) is 11.3 Å². The molecule has 0 aliphatic carbocycles. The van der Waals surface area contributed by atoms with Crippen LogP contribution in [0.5, 0.6) is 5.75 Å². The smallest absolute Gasteiger partial charge is 0.296 e. The lowest BCUT2D eigenvalue weighted by Crippen LogP contribution is -2.30. The molecule has 178 valence electrons. The second-order valence-electron chi connectivity index (χ2n) is 8.56. The van der Waals surface area contributed by atoms with Gasteiger partial charge in [-0.3, -0.25) is 14.5 Å². The number of rotatable bonds is 5. The topological polar surface area (TPSA) is 92.9 Å². The summed E-state index contributed by atoms with van der Waals surface area (Å²) in [4.78, 5) is 33.2. The van der Waals surface area contributed by atoms with Crippen LogP contribution in [-0.4, -0.2) is 28.9 Å². The van der Waals surface area contributed by atoms with Gasteiger partial charge >= 0.3 is 0 Å². The number of hydrogen-bond donors (Lipinski definition) is 1. The molecule has 0 spiro atoms. The number of para-hydroxylation sites is 1. The Morgan fingerprint density at radius 1 is 1.08 bits per heavy atom. The number of fused-ring (bicyclic) bond motifs is 2. The SMILES string of the molecule is COc1ccc2nc(N3C(=O)C(O)=C(C(=O)c4cc5ccccc5o4)C3c3ccc(C)cc3)sc2c1. The highest BCUT2D eigenvalue weighted by Crippen LogP contribution is 2.44. The lowest BCUT2D eigenvalue weighted by Gasteiger charge is -2.24. The Labute approximate surface area is 209 Å². The number of aromatic nitrogens is 1. The zero-order valence-corrected chi connectivity index (χ0v) is 20.2. The Morgan fingerprint density at radius 2 is 1.86 bits per heavy atom. The largest absolute Gasteiger partial charge is 0.503 e. The number of furan rings is 1. The molecule has 2 aromatic heterocycles. The van der Waals surface area contributed by atoms with Crippen LogP contribution in [0, 0.1) is 6.92 Å². The first-order chi connectivity index (χ1) is 17.4. The number of aliphatic hydroxyl groups excluding tert-OH is 1. The van der Waals surface area contributed by atoms with Gasteiger partial charge in [0.25, 0.3) is 5.91 Å². The van der Waals surface area contributed by atoms with E-state index in [9.17, 15) is 14.7 Å². The number of ketones is 1. The molecule has 8 heteroatoms. The van der Waals surface area contributed by atoms with Gasteiger partial charge in [-0.1, -0.05) is 59.4 Å². The third-order valence-electron chi connectivity index (χ3n) is 6.29. The summed E-state index contributed by atoms with van der Waals surface area (Å²) < 4.78 is 11.9. The van der Waals surface area contributed by atoms with Gasteiger partial charge in [0.05, 0.1) is 28.9 Å². The van der Waals surface area contributed by atoms with E-state index < -0.39 is 23.5 Å². The average molecular weight is 497 g/mol. The Balaban J connectivity index is 1.50. The van der Waals surface area contributed by atoms with E-state index in [0.29, 0.717) is 27.5 Å². The van der Waals surface area contributed by atoms with Gasteiger partial charge in [-0.05, 0) is 42.8 Å². The maximum Gasteiger partial charge on any atom is 0.296 e. The minimum Gasteiger partial charge on any atom is -0.503 e. The molecule has 36 heavy (non-hydrogen) atoms. The molecule has 7 nitrogen and oxygen atoms in total. The zero-order chi connectivity index (χ0) is 25.0. The standard InChI is InChI=1S/C28H20N2O5S/c1-15-7-9-16(10-8-15)24-23(25(31)21-13-17-5-3-4-6-20(17)35-21)26(32)27(33)30(24)28-29-19-12-11-18(34-2)14-22(19)36-28/h3-14,24,32H,1-2H3. The molecule has 5 aromatic rings. The van der Waals surface area contributed by atoms with E-state index in [-0.39, 0.29) is 11.3 Å². The first-order valence-corrected chi connectivity index (χ1v) is 12.1. The second-order valence-corrected chi connectivity index (χ2v) is 9.57. The number of carbonyl (C=O) groups excluding carboxylic acids is 2. The number of hydrogen-bond acceptors (Lipinski definition) is 7. The lowest BCUT2D eigenvalue weighted by molar-refractivity contribution is -0.117. The van der Waals surface area contributed by atoms with Crippen LogP contribution in [0.15, 0.2) is 88.5 Å². The maximum absolute atomic E-state index is 13.7. The minimum atomic E-state index is -0.874. The van der Waals surface area contributed by atoms with E-state index in [1.165, 1.54) is 16.2 Å². The van der Waals surface area contributed by atoms with Crippen molar-refractivity contribution >= 4 is 49.3 Å². The second kappa shape index (κ2) is 8.35. The number of carbonyl (C=O) groups is 2. The highest BCUT2D eigenvalue weighted by molar-refractivity contribution is 7.22. The van der Waals surface area contributed by atoms with Crippen LogP contribution >= 0.6 is 11.3 Å². The maximum atomic E-state index is 13.7. The number of ether oxygens (including phenoxy) is 1. The molecule has 3 heterocycles. The highest BCUT2D eigenvalue weighted by Gasteiger charge is 2.46. The average Bonchev–Trinajstić information content (AvgIpc) is 3.58. The summed E-state index contributed by atoms with van der Waals surface area (Å²) >= 11 is 1.29. The lowest BCUT2D eigenvalue weighted by atomic mass is 9.94. The van der Waals surface area contributed by atoms with Gasteiger partial charge in [0.2, 0.25) is 5.78 Å². The fourth-order valence-corrected chi connectivity index (χ4v) is 5.47. The first-order valence-electron chi connectivity index (χ1n) is 11.3. The number of nitrogens with zero attached hydrogens (tertiary/aromatic N) is 2. The Hall–Kier alpha value is -4.43. The molecule has 3 aromatic carbocycles. The van der Waals surface area contributed by atoms with E-state index in [0.717, 1.165) is 15.6 Å². The predicted molar refractivity (Wildman–Crippen MR) is 138 cm³/mol. The molecule has 0 bridgehead atoms. The van der Waals surface area contributed by atoms with Crippen LogP contribution in [0.3, 0.4) is 0 Å². The van der Waals surface area contributed by atoms with Crippen molar-refractivity contribution in [1.29, 1.82) is 0 Å². The molecule has 1 amide bonds. The van der Waals surface area contributed by atoms with Gasteiger partial charge < -0.3 is 14.3 Å². The number of methoxy groups -OCH3 is 1. The third kappa shape index (κ3) is 3.46. The Kier molecular flexibility index (Phi) is 5.12. The van der Waals surface area contributed by atoms with E-state index in [2.05, 4.69) is 4.98 Å². The van der Waals surface area contributed by atoms with Crippen LogP contribution in [0.4, 0.5) is 5.13 Å². The molecule has 1 atom stereocenters. The number of thiazole rings is 1. The molecule has 1 aliphatic rings. The highest BCUT2D eigenvalue weighted by atomic mass is 32.1. The van der Waals surface area contributed by atoms with Crippen molar-refractivity contribution in [3.05, 3.63) is 101 Å². The Bertz CT molecular complexity index is 1660. The summed E-state index contributed by atoms with van der Waals surface area (Å²) in [7, 11) is 1.58. The van der Waals surface area contributed by atoms with Crippen LogP contribution in [0.2, 0.25) is 0 Å². The zero-order valence-electron chi connectivity index (χ0n) is 19.4. The van der Waals surface area contributed by atoms with Crippen molar-refractivity contribution in [2.45, 2.75) is 13.0 Å². The van der Waals surface area contributed by atoms with Gasteiger partial charge in [-0.2, -0.15) is 0 Å². The van der Waals surface area contributed by atoms with Crippen molar-refractivity contribution in [3.63, 3.8) is 0 Å². The predicted octanol–water partition coefficient (Wildman–Crippen LogP) is 6.14. The third-order valence-corrected chi connectivity index (χ3v) is 7.30. The van der Waals surface area contributed by atoms with E-state index in [1.54, 1.807) is 25.3 Å². The number of amides is 1. The summed E-state index contributed by atoms with van der Waals surface area (Å²) in [6, 6.07) is 21.0. The van der Waals surface area contributed by atoms with Crippen LogP contribution < -0.4 is 9.64 Å². The molecular formula is C28H20N2O5S. The molecule has 0 saturated heterocycles. The first kappa shape index (κ1) is 22.1. The fraction of sp³-hybridized carbons (Fsp3) is 0.107. The van der Waals surface area contributed by atoms with Gasteiger partial charge in [-0.25, -0.2) is 4.98 Å². The number of aliphatic hydroxyl groups is 1. The molecule has 6 rings (SSSR count). The van der Waals surface area contributed by atoms with Crippen LogP contribution in [-0.2, 0) is 4.79 Å². The summed E-state index contributed by atoms with van der Waals surface area (Å²) in [5.74, 6) is -1.12. The summed E-state index contributed by atoms with van der Waals surface area (Å²) in [6.45, 7) is 1.95. The van der Waals surface area contributed by atoms with Crippen molar-refractivity contribution < 1.29 is 23.8 Å². The van der Waals surface area contributed by atoms with Crippen molar-refractivity contribution in [2.75, 3.05) is 12.0 Å². The molecule has 1 aliphatic heterocycles. The van der Waals surface area contributed by atoms with Crippen LogP contribution in [0.25, 0.3) is 21.2 Å². The van der Waals surface area contributed by atoms with E-state index in [1.807, 2.05) is 61.5 Å². The molecule has 0 saturated carbocycles. The van der Waals surface area contributed by atoms with Crippen LogP contribution in [0.1, 0.15) is 27.7 Å². The molecule has 0 radical (unpaired) electrons. The molecule has 1 unspecified atom stereocenters. The molecule has 0 fully saturated rings. The van der Waals surface area contributed by atoms with Gasteiger partial charge in [0.15, 0.2) is 16.7 Å². The minimum absolute atomic E-state index is 0.0419. The van der Waals surface area contributed by atoms with E-state index in [4.69, 9.17) is 9.15 Å². The normalized spacial score (nSPS) is 15.9. The van der Waals surface area contributed by atoms with Crippen molar-refractivity contribution in [1.82, 2.24) is 4.98 Å². The quantitative estimate of drug-likeness (QED) is 0.294. The summed E-state index contributed by atoms with van der Waals surface area (Å²) in [5.41, 5.74) is 2.89. The molecular weight excluding hydrogens is 476 g/mol. The van der Waals surface area contributed by atoms with Crippen molar-refractivity contribution in [2.24, 2.45) is 0 Å². The monoisotopic (exact) mass is 496 g/mol. The number of anilines is 1.